The zero-order chi connectivity index (χ0) is 15.1. The lowest BCUT2D eigenvalue weighted by Crippen LogP contribution is -2.42. The van der Waals surface area contributed by atoms with E-state index in [1.54, 1.807) is 0 Å². The van der Waals surface area contributed by atoms with Crippen molar-refractivity contribution in [2.45, 2.75) is 12.0 Å². The lowest BCUT2D eigenvalue weighted by atomic mass is 9.93. The second-order valence-electron chi connectivity index (χ2n) is 6.45. The Bertz CT molecular complexity index is 571. The van der Waals surface area contributed by atoms with Gasteiger partial charge in [-0.25, -0.2) is 0 Å². The smallest absolute Gasteiger partial charge is 0.248 e. The van der Waals surface area contributed by atoms with E-state index in [-0.39, 0.29) is 12.5 Å². The van der Waals surface area contributed by atoms with Crippen LogP contribution in [0.2, 0.25) is 0 Å². The Hall–Kier alpha value is -1.43. The molecule has 0 bridgehead atoms. The topological polar surface area (TPSA) is 53.0 Å². The molecule has 118 valence electrons. The number of hydrogen-bond donors (Lipinski definition) is 1. The lowest BCUT2D eigenvalue weighted by Gasteiger charge is -2.36. The predicted molar refractivity (Wildman–Crippen MR) is 81.5 cm³/mol. The lowest BCUT2D eigenvalue weighted by molar-refractivity contribution is -0.133. The molecule has 3 aliphatic rings. The number of amides is 1. The number of carbonyl (C=O) groups is 1. The molecule has 22 heavy (non-hydrogen) atoms. The molecule has 2 aliphatic heterocycles. The number of fused-ring (bicyclic) bond motifs is 3. The monoisotopic (exact) mass is 302 g/mol. The molecule has 0 aromatic heterocycles. The fourth-order valence-electron chi connectivity index (χ4n) is 4.45. The van der Waals surface area contributed by atoms with Gasteiger partial charge in [-0.1, -0.05) is 24.3 Å². The van der Waals surface area contributed by atoms with Crippen LogP contribution in [0, 0.1) is 5.92 Å². The first kappa shape index (κ1) is 14.2. The van der Waals surface area contributed by atoms with Crippen LogP contribution in [0.15, 0.2) is 24.3 Å². The van der Waals surface area contributed by atoms with Gasteiger partial charge in [0, 0.05) is 44.1 Å². The molecule has 5 heteroatoms. The molecule has 4 rings (SSSR count). The van der Waals surface area contributed by atoms with Gasteiger partial charge in [-0.15, -0.1) is 0 Å². The standard InChI is InChI=1S/C17H22N2O3/c20-11-16(21)19-9-14-12-3-1-2-4-13(12)17(15(14)10-19)18-5-7-22-8-6-18/h1-4,14-15,17,20H,5-11H2/t14-,15+,17+/m0/s1. The van der Waals surface area contributed by atoms with Crippen LogP contribution < -0.4 is 0 Å². The summed E-state index contributed by atoms with van der Waals surface area (Å²) in [6.45, 7) is 4.59. The summed E-state index contributed by atoms with van der Waals surface area (Å²) in [4.78, 5) is 16.2. The summed E-state index contributed by atoms with van der Waals surface area (Å²) in [7, 11) is 0. The minimum atomic E-state index is -0.386. The van der Waals surface area contributed by atoms with Crippen molar-refractivity contribution in [1.82, 2.24) is 9.80 Å². The van der Waals surface area contributed by atoms with Crippen LogP contribution in [-0.4, -0.2) is 66.8 Å². The maximum atomic E-state index is 11.9. The molecule has 2 saturated heterocycles. The number of morpholine rings is 1. The number of benzene rings is 1. The van der Waals surface area contributed by atoms with Crippen molar-refractivity contribution in [3.63, 3.8) is 0 Å². The zero-order valence-electron chi connectivity index (χ0n) is 12.6. The van der Waals surface area contributed by atoms with Crippen molar-refractivity contribution < 1.29 is 14.6 Å². The second kappa shape index (κ2) is 5.65. The van der Waals surface area contributed by atoms with Crippen LogP contribution in [0.25, 0.3) is 0 Å². The zero-order valence-corrected chi connectivity index (χ0v) is 12.6. The highest BCUT2D eigenvalue weighted by Gasteiger charge is 2.49. The van der Waals surface area contributed by atoms with E-state index in [9.17, 15) is 4.79 Å². The van der Waals surface area contributed by atoms with Gasteiger partial charge in [-0.05, 0) is 11.1 Å². The predicted octanol–water partition coefficient (Wildman–Crippen LogP) is 0.608. The minimum Gasteiger partial charge on any atom is -0.387 e. The van der Waals surface area contributed by atoms with Gasteiger partial charge < -0.3 is 14.7 Å². The number of aliphatic hydroxyl groups excluding tert-OH is 1. The molecular formula is C17H22N2O3. The van der Waals surface area contributed by atoms with Crippen LogP contribution in [-0.2, 0) is 9.53 Å². The number of nitrogens with zero attached hydrogens (tertiary/aromatic N) is 2. The molecular weight excluding hydrogens is 280 g/mol. The van der Waals surface area contributed by atoms with Gasteiger partial charge in [0.25, 0.3) is 0 Å². The summed E-state index contributed by atoms with van der Waals surface area (Å²) in [6.07, 6.45) is 0. The highest BCUT2D eigenvalue weighted by atomic mass is 16.5. The van der Waals surface area contributed by atoms with Crippen molar-refractivity contribution >= 4 is 5.91 Å². The minimum absolute atomic E-state index is 0.146. The summed E-state index contributed by atoms with van der Waals surface area (Å²) < 4.78 is 5.50. The van der Waals surface area contributed by atoms with E-state index in [0.29, 0.717) is 17.9 Å². The van der Waals surface area contributed by atoms with Crippen LogP contribution in [0.1, 0.15) is 23.1 Å². The van der Waals surface area contributed by atoms with Crippen molar-refractivity contribution in [2.24, 2.45) is 5.92 Å². The Morgan fingerprint density at radius 2 is 1.91 bits per heavy atom. The van der Waals surface area contributed by atoms with E-state index in [4.69, 9.17) is 9.84 Å². The van der Waals surface area contributed by atoms with Crippen LogP contribution in [0.4, 0.5) is 0 Å². The molecule has 5 nitrogen and oxygen atoms in total. The average molecular weight is 302 g/mol. The maximum Gasteiger partial charge on any atom is 0.248 e. The third-order valence-electron chi connectivity index (χ3n) is 5.41. The van der Waals surface area contributed by atoms with Crippen LogP contribution in [0.5, 0.6) is 0 Å². The van der Waals surface area contributed by atoms with Gasteiger partial charge in [0.05, 0.1) is 13.2 Å². The van der Waals surface area contributed by atoms with E-state index in [1.807, 2.05) is 4.90 Å². The van der Waals surface area contributed by atoms with E-state index >= 15 is 0 Å². The highest BCUT2D eigenvalue weighted by Crippen LogP contribution is 2.51. The molecule has 2 heterocycles. The SMILES string of the molecule is O=C(CO)N1C[C@H]2[C@H](N3CCOCC3)c3ccccc3[C@@H]2C1. The molecule has 0 radical (unpaired) electrons. The Morgan fingerprint density at radius 1 is 1.18 bits per heavy atom. The molecule has 0 unspecified atom stereocenters. The Kier molecular flexibility index (Phi) is 3.64. The quantitative estimate of drug-likeness (QED) is 0.869. The first-order valence-electron chi connectivity index (χ1n) is 8.09. The average Bonchev–Trinajstić information content (AvgIpc) is 3.12. The van der Waals surface area contributed by atoms with Gasteiger partial charge in [0.2, 0.25) is 5.91 Å². The highest BCUT2D eigenvalue weighted by molar-refractivity contribution is 5.77. The number of ether oxygens (including phenoxy) is 1. The normalized spacial score (nSPS) is 31.1. The molecule has 1 N–H and O–H groups in total. The van der Waals surface area contributed by atoms with Crippen LogP contribution >= 0.6 is 0 Å². The molecule has 1 amide bonds. The summed E-state index contributed by atoms with van der Waals surface area (Å²) >= 11 is 0. The molecule has 2 fully saturated rings. The summed E-state index contributed by atoms with van der Waals surface area (Å²) in [6, 6.07) is 9.03. The largest absolute Gasteiger partial charge is 0.387 e. The van der Waals surface area contributed by atoms with Crippen molar-refractivity contribution in [2.75, 3.05) is 46.0 Å². The number of hydrogen-bond acceptors (Lipinski definition) is 4. The first-order chi connectivity index (χ1) is 10.8. The molecule has 1 aliphatic carbocycles. The number of carbonyl (C=O) groups excluding carboxylic acids is 1. The molecule has 0 saturated carbocycles. The number of likely N-dealkylation sites (tertiary alicyclic amines) is 1. The third kappa shape index (κ3) is 2.16. The van der Waals surface area contributed by atoms with Gasteiger partial charge in [-0.2, -0.15) is 0 Å². The summed E-state index contributed by atoms with van der Waals surface area (Å²) in [5.74, 6) is 0.693. The Morgan fingerprint density at radius 3 is 2.64 bits per heavy atom. The third-order valence-corrected chi connectivity index (χ3v) is 5.41. The molecule has 1 aromatic carbocycles. The van der Waals surface area contributed by atoms with Gasteiger partial charge in [0.15, 0.2) is 0 Å². The molecule has 1 aromatic rings. The van der Waals surface area contributed by atoms with Crippen molar-refractivity contribution in [3.05, 3.63) is 35.4 Å². The number of aliphatic hydroxyl groups is 1. The second-order valence-corrected chi connectivity index (χ2v) is 6.45. The van der Waals surface area contributed by atoms with E-state index in [0.717, 1.165) is 39.4 Å². The molecule has 0 spiro atoms. The van der Waals surface area contributed by atoms with Crippen molar-refractivity contribution in [1.29, 1.82) is 0 Å². The Balaban J connectivity index is 1.66. The fourth-order valence-corrected chi connectivity index (χ4v) is 4.45. The van der Waals surface area contributed by atoms with E-state index in [1.165, 1.54) is 11.1 Å². The number of rotatable bonds is 2. The first-order valence-corrected chi connectivity index (χ1v) is 8.09. The van der Waals surface area contributed by atoms with E-state index in [2.05, 4.69) is 29.2 Å². The van der Waals surface area contributed by atoms with Gasteiger partial charge in [0.1, 0.15) is 6.61 Å². The fraction of sp³-hybridized carbons (Fsp3) is 0.588. The van der Waals surface area contributed by atoms with E-state index < -0.39 is 0 Å². The van der Waals surface area contributed by atoms with Gasteiger partial charge in [-0.3, -0.25) is 9.69 Å². The Labute approximate surface area is 130 Å². The summed E-state index contributed by atoms with van der Waals surface area (Å²) in [5.41, 5.74) is 2.81. The molecule has 3 atom stereocenters. The summed E-state index contributed by atoms with van der Waals surface area (Å²) in [5, 5.41) is 9.15. The maximum absolute atomic E-state index is 11.9. The van der Waals surface area contributed by atoms with Crippen molar-refractivity contribution in [3.8, 4) is 0 Å². The van der Waals surface area contributed by atoms with Crippen LogP contribution in [0.3, 0.4) is 0 Å². The van der Waals surface area contributed by atoms with Gasteiger partial charge >= 0.3 is 0 Å².